The van der Waals surface area contributed by atoms with Crippen LogP contribution in [-0.4, -0.2) is 21.1 Å². The van der Waals surface area contributed by atoms with Gasteiger partial charge < -0.3 is 4.74 Å². The molecule has 0 unspecified atom stereocenters. The molecule has 0 aliphatic rings. The van der Waals surface area contributed by atoms with Crippen molar-refractivity contribution in [2.45, 2.75) is 31.6 Å². The van der Waals surface area contributed by atoms with E-state index < -0.39 is 16.1 Å². The van der Waals surface area contributed by atoms with Crippen molar-refractivity contribution in [2.24, 2.45) is 0 Å². The summed E-state index contributed by atoms with van der Waals surface area (Å²) < 4.78 is 29.9. The fourth-order valence-electron chi connectivity index (χ4n) is 1.36. The zero-order chi connectivity index (χ0) is 13.8. The van der Waals surface area contributed by atoms with Gasteiger partial charge in [0.1, 0.15) is 0 Å². The molecule has 1 rings (SSSR count). The summed E-state index contributed by atoms with van der Waals surface area (Å²) in [7, 11) is -3.85. The number of sulfonamides is 1. The van der Waals surface area contributed by atoms with Crippen molar-refractivity contribution in [3.05, 3.63) is 29.8 Å². The highest BCUT2D eigenvalue weighted by atomic mass is 32.2. The summed E-state index contributed by atoms with van der Waals surface area (Å²) in [5, 5.41) is 0. The van der Waals surface area contributed by atoms with Gasteiger partial charge in [0.05, 0.1) is 11.5 Å². The monoisotopic (exact) mass is 271 g/mol. The molecule has 1 N–H and O–H groups in total. The molecule has 0 heterocycles. The van der Waals surface area contributed by atoms with Crippen LogP contribution in [-0.2, 0) is 14.8 Å². The van der Waals surface area contributed by atoms with Gasteiger partial charge in [-0.25, -0.2) is 17.9 Å². The standard InChI is InChI=1S/C12H17NO4S/c1-4-17-12(14)13-18(15,16)11-7-5-10(6-8-11)9(2)3/h5-9H,4H2,1-3H3,(H,13,14). The van der Waals surface area contributed by atoms with Crippen molar-refractivity contribution in [3.63, 3.8) is 0 Å². The Morgan fingerprint density at radius 2 is 1.83 bits per heavy atom. The third-order valence-electron chi connectivity index (χ3n) is 2.35. The molecule has 18 heavy (non-hydrogen) atoms. The summed E-state index contributed by atoms with van der Waals surface area (Å²) in [5.74, 6) is 0.319. The van der Waals surface area contributed by atoms with Crippen LogP contribution in [0.2, 0.25) is 0 Å². The minimum absolute atomic E-state index is 0.0416. The lowest BCUT2D eigenvalue weighted by atomic mass is 10.0. The van der Waals surface area contributed by atoms with E-state index in [0.717, 1.165) is 5.56 Å². The first kappa shape index (κ1) is 14.5. The largest absolute Gasteiger partial charge is 0.449 e. The van der Waals surface area contributed by atoms with Crippen LogP contribution < -0.4 is 4.72 Å². The summed E-state index contributed by atoms with van der Waals surface area (Å²) >= 11 is 0. The molecular weight excluding hydrogens is 254 g/mol. The Balaban J connectivity index is 2.88. The first-order valence-electron chi connectivity index (χ1n) is 5.66. The highest BCUT2D eigenvalue weighted by Crippen LogP contribution is 2.17. The predicted octanol–water partition coefficient (Wildman–Crippen LogP) is 2.24. The molecule has 0 fully saturated rings. The molecule has 0 aromatic heterocycles. The molecule has 5 nitrogen and oxygen atoms in total. The number of nitrogens with one attached hydrogen (secondary N) is 1. The Morgan fingerprint density at radius 3 is 2.28 bits per heavy atom. The van der Waals surface area contributed by atoms with E-state index in [-0.39, 0.29) is 11.5 Å². The average Bonchev–Trinajstić information content (AvgIpc) is 2.28. The Morgan fingerprint density at radius 1 is 1.28 bits per heavy atom. The van der Waals surface area contributed by atoms with E-state index in [0.29, 0.717) is 5.92 Å². The summed E-state index contributed by atoms with van der Waals surface area (Å²) in [6.45, 7) is 5.75. The second kappa shape index (κ2) is 5.86. The number of ether oxygens (including phenoxy) is 1. The molecule has 0 saturated carbocycles. The minimum Gasteiger partial charge on any atom is -0.449 e. The smallest absolute Gasteiger partial charge is 0.421 e. The highest BCUT2D eigenvalue weighted by Gasteiger charge is 2.18. The van der Waals surface area contributed by atoms with Crippen molar-refractivity contribution < 1.29 is 17.9 Å². The van der Waals surface area contributed by atoms with Gasteiger partial charge >= 0.3 is 6.09 Å². The Bertz CT molecular complexity index is 505. The van der Waals surface area contributed by atoms with Crippen LogP contribution in [0.15, 0.2) is 29.2 Å². The molecule has 1 aromatic carbocycles. The molecule has 0 aliphatic carbocycles. The lowest BCUT2D eigenvalue weighted by Crippen LogP contribution is -2.31. The summed E-state index contributed by atoms with van der Waals surface area (Å²) in [5.41, 5.74) is 1.03. The first-order valence-corrected chi connectivity index (χ1v) is 7.14. The number of carbonyl (C=O) groups is 1. The molecule has 0 aliphatic heterocycles. The van der Waals surface area contributed by atoms with Gasteiger partial charge in [-0.05, 0) is 30.5 Å². The zero-order valence-corrected chi connectivity index (χ0v) is 11.5. The van der Waals surface area contributed by atoms with E-state index in [2.05, 4.69) is 4.74 Å². The van der Waals surface area contributed by atoms with E-state index in [4.69, 9.17) is 0 Å². The van der Waals surface area contributed by atoms with Crippen LogP contribution >= 0.6 is 0 Å². The Labute approximate surface area is 107 Å². The maximum atomic E-state index is 11.8. The third-order valence-corrected chi connectivity index (χ3v) is 3.68. The van der Waals surface area contributed by atoms with Crippen LogP contribution in [0.4, 0.5) is 4.79 Å². The van der Waals surface area contributed by atoms with Crippen LogP contribution in [0.5, 0.6) is 0 Å². The summed E-state index contributed by atoms with van der Waals surface area (Å²) in [6.07, 6.45) is -0.967. The van der Waals surface area contributed by atoms with Gasteiger partial charge in [-0.15, -0.1) is 0 Å². The van der Waals surface area contributed by atoms with Crippen LogP contribution in [0.1, 0.15) is 32.3 Å². The summed E-state index contributed by atoms with van der Waals surface area (Å²) in [4.78, 5) is 11.1. The molecule has 0 saturated heterocycles. The van der Waals surface area contributed by atoms with Gasteiger partial charge in [0, 0.05) is 0 Å². The van der Waals surface area contributed by atoms with E-state index in [1.54, 1.807) is 19.1 Å². The van der Waals surface area contributed by atoms with Crippen LogP contribution in [0.25, 0.3) is 0 Å². The van der Waals surface area contributed by atoms with Gasteiger partial charge in [-0.1, -0.05) is 26.0 Å². The molecule has 0 spiro atoms. The van der Waals surface area contributed by atoms with Gasteiger partial charge in [-0.2, -0.15) is 0 Å². The van der Waals surface area contributed by atoms with Crippen molar-refractivity contribution in [1.29, 1.82) is 0 Å². The highest BCUT2D eigenvalue weighted by molar-refractivity contribution is 7.90. The van der Waals surface area contributed by atoms with E-state index in [9.17, 15) is 13.2 Å². The number of carbonyl (C=O) groups excluding carboxylic acids is 1. The minimum atomic E-state index is -3.85. The molecule has 0 bridgehead atoms. The number of hydrogen-bond acceptors (Lipinski definition) is 4. The molecular formula is C12H17NO4S. The SMILES string of the molecule is CCOC(=O)NS(=O)(=O)c1ccc(C(C)C)cc1. The second-order valence-electron chi connectivity index (χ2n) is 4.05. The van der Waals surface area contributed by atoms with Crippen LogP contribution in [0.3, 0.4) is 0 Å². The van der Waals surface area contributed by atoms with Gasteiger partial charge in [0.2, 0.25) is 0 Å². The van der Waals surface area contributed by atoms with E-state index >= 15 is 0 Å². The van der Waals surface area contributed by atoms with Crippen molar-refractivity contribution in [1.82, 2.24) is 4.72 Å². The maximum absolute atomic E-state index is 11.8. The first-order chi connectivity index (χ1) is 8.36. The Hall–Kier alpha value is -1.56. The third kappa shape index (κ3) is 3.73. The fourth-order valence-corrected chi connectivity index (χ4v) is 2.25. The van der Waals surface area contributed by atoms with Gasteiger partial charge in [-0.3, -0.25) is 0 Å². The molecule has 100 valence electrons. The fraction of sp³-hybridized carbons (Fsp3) is 0.417. The lowest BCUT2D eigenvalue weighted by molar-refractivity contribution is 0.158. The van der Waals surface area contributed by atoms with E-state index in [1.165, 1.54) is 12.1 Å². The predicted molar refractivity (Wildman–Crippen MR) is 67.9 cm³/mol. The second-order valence-corrected chi connectivity index (χ2v) is 5.73. The topological polar surface area (TPSA) is 72.5 Å². The molecule has 1 aromatic rings. The summed E-state index contributed by atoms with van der Waals surface area (Å²) in [6, 6.07) is 6.39. The zero-order valence-electron chi connectivity index (χ0n) is 10.6. The number of amides is 1. The normalized spacial score (nSPS) is 11.3. The van der Waals surface area contributed by atoms with Crippen molar-refractivity contribution in [2.75, 3.05) is 6.61 Å². The van der Waals surface area contributed by atoms with Crippen molar-refractivity contribution in [3.8, 4) is 0 Å². The average molecular weight is 271 g/mol. The quantitative estimate of drug-likeness (QED) is 0.911. The van der Waals surface area contributed by atoms with Gasteiger partial charge in [0.25, 0.3) is 10.0 Å². The van der Waals surface area contributed by atoms with Gasteiger partial charge in [0.15, 0.2) is 0 Å². The molecule has 1 amide bonds. The number of benzene rings is 1. The lowest BCUT2D eigenvalue weighted by Gasteiger charge is -2.09. The Kier molecular flexibility index (Phi) is 4.72. The number of hydrogen-bond donors (Lipinski definition) is 1. The number of rotatable bonds is 4. The molecule has 0 atom stereocenters. The van der Waals surface area contributed by atoms with Crippen molar-refractivity contribution >= 4 is 16.1 Å². The van der Waals surface area contributed by atoms with E-state index in [1.807, 2.05) is 18.6 Å². The molecule has 6 heteroatoms. The maximum Gasteiger partial charge on any atom is 0.421 e. The van der Waals surface area contributed by atoms with Crippen LogP contribution in [0, 0.1) is 0 Å². The molecule has 0 radical (unpaired) electrons.